The number of carbonyl (C=O) groups is 1. The summed E-state index contributed by atoms with van der Waals surface area (Å²) in [4.78, 5) is 14.4. The molecule has 0 atom stereocenters. The number of hydrogen-bond acceptors (Lipinski definition) is 1. The van der Waals surface area contributed by atoms with E-state index in [1.807, 2.05) is 11.0 Å². The predicted molar refractivity (Wildman–Crippen MR) is 83.5 cm³/mol. The van der Waals surface area contributed by atoms with Gasteiger partial charge in [-0.3, -0.25) is 4.79 Å². The fraction of sp³-hybridized carbons (Fsp3) is 0.438. The number of hydrogen-bond donors (Lipinski definition) is 0. The molecule has 1 aliphatic heterocycles. The first-order valence-electron chi connectivity index (χ1n) is 7.14. The van der Waals surface area contributed by atoms with E-state index in [0.717, 1.165) is 37.1 Å². The van der Waals surface area contributed by atoms with Crippen molar-refractivity contribution in [2.24, 2.45) is 0 Å². The van der Waals surface area contributed by atoms with E-state index in [0.29, 0.717) is 10.0 Å². The molecule has 1 saturated heterocycles. The van der Waals surface area contributed by atoms with Gasteiger partial charge in [0.05, 0.1) is 10.0 Å². The lowest BCUT2D eigenvalue weighted by Crippen LogP contribution is -2.24. The van der Waals surface area contributed by atoms with Crippen LogP contribution < -0.4 is 4.90 Å². The molecule has 0 radical (unpaired) electrons. The molecule has 2 fully saturated rings. The number of benzene rings is 1. The Labute approximate surface area is 129 Å². The van der Waals surface area contributed by atoms with Crippen LogP contribution in [0, 0.1) is 0 Å². The summed E-state index contributed by atoms with van der Waals surface area (Å²) >= 11 is 12.0. The van der Waals surface area contributed by atoms with Gasteiger partial charge in [0.2, 0.25) is 0 Å². The zero-order chi connectivity index (χ0) is 14.1. The van der Waals surface area contributed by atoms with Crippen LogP contribution in [0.1, 0.15) is 38.5 Å². The molecule has 1 amide bonds. The van der Waals surface area contributed by atoms with Crippen LogP contribution >= 0.6 is 23.2 Å². The van der Waals surface area contributed by atoms with E-state index < -0.39 is 0 Å². The van der Waals surface area contributed by atoms with Gasteiger partial charge in [0.25, 0.3) is 5.91 Å². The van der Waals surface area contributed by atoms with E-state index in [2.05, 4.69) is 0 Å². The Balaban J connectivity index is 1.86. The first kappa shape index (κ1) is 14.0. The molecule has 1 saturated carbocycles. The minimum absolute atomic E-state index is 0.153. The van der Waals surface area contributed by atoms with Crippen molar-refractivity contribution in [3.05, 3.63) is 39.4 Å². The number of rotatable bonds is 1. The summed E-state index contributed by atoms with van der Waals surface area (Å²) in [5.74, 6) is 0.153. The molecule has 0 unspecified atom stereocenters. The second-order valence-electron chi connectivity index (χ2n) is 5.45. The molecule has 1 heterocycles. The summed E-state index contributed by atoms with van der Waals surface area (Å²) in [5.41, 5.74) is 3.26. The van der Waals surface area contributed by atoms with Crippen molar-refractivity contribution in [2.75, 3.05) is 11.4 Å². The van der Waals surface area contributed by atoms with E-state index in [1.165, 1.54) is 24.8 Å². The average molecular weight is 310 g/mol. The first-order chi connectivity index (χ1) is 9.66. The second kappa shape index (κ2) is 5.79. The van der Waals surface area contributed by atoms with Crippen molar-refractivity contribution >= 4 is 34.8 Å². The maximum absolute atomic E-state index is 12.6. The molecule has 4 heteroatoms. The standard InChI is InChI=1S/C16H17Cl2NO/c17-14-7-6-12(10-15(14)18)19-9-8-13(16(19)20)11-4-2-1-3-5-11/h6-7,10H,1-5,8-9H2. The van der Waals surface area contributed by atoms with Crippen LogP contribution in [0.2, 0.25) is 10.0 Å². The number of anilines is 1. The summed E-state index contributed by atoms with van der Waals surface area (Å²) in [6.45, 7) is 0.746. The van der Waals surface area contributed by atoms with Gasteiger partial charge in [-0.15, -0.1) is 0 Å². The topological polar surface area (TPSA) is 20.3 Å². The fourth-order valence-electron chi connectivity index (χ4n) is 3.10. The monoisotopic (exact) mass is 309 g/mol. The van der Waals surface area contributed by atoms with Crippen molar-refractivity contribution in [1.82, 2.24) is 0 Å². The van der Waals surface area contributed by atoms with E-state index in [-0.39, 0.29) is 5.91 Å². The van der Waals surface area contributed by atoms with Crippen LogP contribution in [0.15, 0.2) is 29.3 Å². The quantitative estimate of drug-likeness (QED) is 0.669. The molecule has 1 aromatic rings. The van der Waals surface area contributed by atoms with Crippen molar-refractivity contribution < 1.29 is 4.79 Å². The van der Waals surface area contributed by atoms with Gasteiger partial charge < -0.3 is 4.90 Å². The molecule has 2 nitrogen and oxygen atoms in total. The summed E-state index contributed by atoms with van der Waals surface area (Å²) in [5, 5.41) is 1.02. The van der Waals surface area contributed by atoms with Crippen LogP contribution in [0.25, 0.3) is 0 Å². The van der Waals surface area contributed by atoms with Crippen molar-refractivity contribution in [1.29, 1.82) is 0 Å². The third-order valence-corrected chi connectivity index (χ3v) is 4.93. The third kappa shape index (κ3) is 2.59. The zero-order valence-corrected chi connectivity index (χ0v) is 12.8. The molecule has 3 rings (SSSR count). The normalized spacial score (nSPS) is 19.9. The summed E-state index contributed by atoms with van der Waals surface area (Å²) in [6.07, 6.45) is 6.78. The third-order valence-electron chi connectivity index (χ3n) is 4.19. The van der Waals surface area contributed by atoms with Gasteiger partial charge in [-0.1, -0.05) is 35.2 Å². The lowest BCUT2D eigenvalue weighted by molar-refractivity contribution is -0.114. The van der Waals surface area contributed by atoms with Crippen molar-refractivity contribution in [3.63, 3.8) is 0 Å². The van der Waals surface area contributed by atoms with E-state index in [4.69, 9.17) is 23.2 Å². The fourth-order valence-corrected chi connectivity index (χ4v) is 3.39. The van der Waals surface area contributed by atoms with E-state index >= 15 is 0 Å². The number of allylic oxidation sites excluding steroid dienone is 1. The van der Waals surface area contributed by atoms with Crippen molar-refractivity contribution in [3.8, 4) is 0 Å². The van der Waals surface area contributed by atoms with Gasteiger partial charge in [0.1, 0.15) is 0 Å². The SMILES string of the molecule is O=C1C(=C2CCCCC2)CCN1c1ccc(Cl)c(Cl)c1. The molecule has 0 bridgehead atoms. The Kier molecular flexibility index (Phi) is 4.04. The zero-order valence-electron chi connectivity index (χ0n) is 11.3. The number of halogens is 2. The molecule has 20 heavy (non-hydrogen) atoms. The highest BCUT2D eigenvalue weighted by Gasteiger charge is 2.30. The van der Waals surface area contributed by atoms with Crippen LogP contribution in [-0.4, -0.2) is 12.5 Å². The van der Waals surface area contributed by atoms with Gasteiger partial charge in [-0.2, -0.15) is 0 Å². The van der Waals surface area contributed by atoms with Crippen LogP contribution in [0.4, 0.5) is 5.69 Å². The molecule has 1 aromatic carbocycles. The Morgan fingerprint density at radius 2 is 1.70 bits per heavy atom. The molecule has 0 N–H and O–H groups in total. The first-order valence-corrected chi connectivity index (χ1v) is 7.90. The van der Waals surface area contributed by atoms with Crippen LogP contribution in [0.3, 0.4) is 0 Å². The van der Waals surface area contributed by atoms with Gasteiger partial charge in [-0.05, 0) is 50.3 Å². The van der Waals surface area contributed by atoms with Gasteiger partial charge in [-0.25, -0.2) is 0 Å². The Hall–Kier alpha value is -0.990. The second-order valence-corrected chi connectivity index (χ2v) is 6.26. The van der Waals surface area contributed by atoms with Gasteiger partial charge in [0.15, 0.2) is 0 Å². The van der Waals surface area contributed by atoms with Crippen LogP contribution in [-0.2, 0) is 4.79 Å². The average Bonchev–Trinajstić information content (AvgIpc) is 2.85. The van der Waals surface area contributed by atoms with Crippen LogP contribution in [0.5, 0.6) is 0 Å². The molecule has 1 aliphatic carbocycles. The Morgan fingerprint density at radius 1 is 0.950 bits per heavy atom. The summed E-state index contributed by atoms with van der Waals surface area (Å²) < 4.78 is 0. The highest BCUT2D eigenvalue weighted by atomic mass is 35.5. The van der Waals surface area contributed by atoms with Crippen molar-refractivity contribution in [2.45, 2.75) is 38.5 Å². The minimum atomic E-state index is 0.153. The summed E-state index contributed by atoms with van der Waals surface area (Å²) in [6, 6.07) is 5.38. The summed E-state index contributed by atoms with van der Waals surface area (Å²) in [7, 11) is 0. The smallest absolute Gasteiger partial charge is 0.254 e. The molecule has 106 valence electrons. The highest BCUT2D eigenvalue weighted by molar-refractivity contribution is 6.42. The van der Waals surface area contributed by atoms with Gasteiger partial charge >= 0.3 is 0 Å². The molecule has 0 aromatic heterocycles. The Morgan fingerprint density at radius 3 is 2.40 bits per heavy atom. The number of nitrogens with zero attached hydrogens (tertiary/aromatic N) is 1. The van der Waals surface area contributed by atoms with Gasteiger partial charge in [0, 0.05) is 17.8 Å². The highest BCUT2D eigenvalue weighted by Crippen LogP contribution is 2.34. The lowest BCUT2D eigenvalue weighted by Gasteiger charge is -2.18. The minimum Gasteiger partial charge on any atom is -0.308 e. The Bertz CT molecular complexity index is 572. The maximum atomic E-state index is 12.6. The molecular formula is C16H17Cl2NO. The van der Waals surface area contributed by atoms with E-state index in [1.54, 1.807) is 12.1 Å². The lowest BCUT2D eigenvalue weighted by atomic mass is 9.90. The molecule has 0 spiro atoms. The maximum Gasteiger partial charge on any atom is 0.254 e. The number of carbonyl (C=O) groups excluding carboxylic acids is 1. The molecular weight excluding hydrogens is 293 g/mol. The number of amides is 1. The molecule has 2 aliphatic rings. The van der Waals surface area contributed by atoms with E-state index in [9.17, 15) is 4.79 Å². The predicted octanol–water partition coefficient (Wildman–Crippen LogP) is 4.99. The largest absolute Gasteiger partial charge is 0.308 e.